The van der Waals surface area contributed by atoms with Gasteiger partial charge in [-0.2, -0.15) is 18.4 Å². The van der Waals surface area contributed by atoms with Crippen molar-refractivity contribution < 1.29 is 32.2 Å². The zero-order valence-corrected chi connectivity index (χ0v) is 21.7. The van der Waals surface area contributed by atoms with Crippen molar-refractivity contribution in [3.63, 3.8) is 0 Å². The average molecular weight is 561 g/mol. The molecule has 0 saturated carbocycles. The van der Waals surface area contributed by atoms with Gasteiger partial charge in [-0.3, -0.25) is 4.79 Å². The fraction of sp³-hybridized carbons (Fsp3) is 0.222. The Kier molecular flexibility index (Phi) is 9.16. The maximum Gasteiger partial charge on any atom is 0.446 e. The summed E-state index contributed by atoms with van der Waals surface area (Å²) in [4.78, 5) is 16.3. The van der Waals surface area contributed by atoms with E-state index in [9.17, 15) is 23.2 Å². The summed E-state index contributed by atoms with van der Waals surface area (Å²) in [7, 11) is 1.50. The van der Waals surface area contributed by atoms with Crippen LogP contribution >= 0.6 is 23.4 Å². The Morgan fingerprint density at radius 1 is 1.08 bits per heavy atom. The molecule has 3 aromatic rings. The number of carbonyl (C=O) groups excluding carboxylic acids is 1. The van der Waals surface area contributed by atoms with Gasteiger partial charge in [0.05, 0.1) is 30.2 Å². The predicted octanol–water partition coefficient (Wildman–Crippen LogP) is 7.95. The number of alkyl halides is 3. The molecule has 0 fully saturated rings. The Morgan fingerprint density at radius 2 is 1.76 bits per heavy atom. The number of ketones is 1. The van der Waals surface area contributed by atoms with Crippen molar-refractivity contribution in [2.75, 3.05) is 13.7 Å². The number of hydrogen-bond acceptors (Lipinski definition) is 6. The van der Waals surface area contributed by atoms with Crippen molar-refractivity contribution in [1.82, 2.24) is 0 Å². The van der Waals surface area contributed by atoms with E-state index in [4.69, 9.17) is 32.4 Å². The summed E-state index contributed by atoms with van der Waals surface area (Å²) in [5.41, 5.74) is -5.29. The number of carbonyl (C=O) groups is 1. The first kappa shape index (κ1) is 28.7. The van der Waals surface area contributed by atoms with Gasteiger partial charge < -0.3 is 19.1 Å². The minimum atomic E-state index is -4.43. The molecule has 38 heavy (non-hydrogen) atoms. The van der Waals surface area contributed by atoms with Crippen LogP contribution in [-0.4, -0.2) is 30.5 Å². The summed E-state index contributed by atoms with van der Waals surface area (Å²) in [6.45, 7) is 8.94. The van der Waals surface area contributed by atoms with Crippen molar-refractivity contribution in [2.24, 2.45) is 0 Å². The zero-order chi connectivity index (χ0) is 27.9. The Hall–Kier alpha value is -3.86. The highest BCUT2D eigenvalue weighted by Crippen LogP contribution is 2.39. The number of methoxy groups -OCH3 is 1. The van der Waals surface area contributed by atoms with Crippen LogP contribution in [0.4, 0.5) is 13.2 Å². The third-order valence-corrected chi connectivity index (χ3v) is 6.23. The van der Waals surface area contributed by atoms with Gasteiger partial charge in [-0.25, -0.2) is 6.57 Å². The lowest BCUT2D eigenvalue weighted by molar-refractivity contribution is -0.0328. The minimum absolute atomic E-state index is 0.0489. The van der Waals surface area contributed by atoms with Crippen LogP contribution in [-0.2, 0) is 0 Å². The van der Waals surface area contributed by atoms with Crippen molar-refractivity contribution >= 4 is 29.1 Å². The number of Topliss-reactive ketones (excluding diaryl/α,β-unsaturated/α-hetero) is 1. The minimum Gasteiger partial charge on any atom is -0.497 e. The first-order valence-corrected chi connectivity index (χ1v) is 12.1. The van der Waals surface area contributed by atoms with Crippen molar-refractivity contribution in [1.29, 1.82) is 5.26 Å². The highest BCUT2D eigenvalue weighted by Gasteiger charge is 2.36. The van der Waals surface area contributed by atoms with Gasteiger partial charge in [0, 0.05) is 29.5 Å². The molecule has 0 amide bonds. The number of rotatable bonds is 10. The highest BCUT2D eigenvalue weighted by molar-refractivity contribution is 8.00. The Morgan fingerprint density at radius 3 is 2.34 bits per heavy atom. The number of ether oxygens (including phenoxy) is 3. The quantitative estimate of drug-likeness (QED) is 0.142. The lowest BCUT2D eigenvalue weighted by Gasteiger charge is -2.19. The molecule has 0 bridgehead atoms. The largest absolute Gasteiger partial charge is 0.497 e. The van der Waals surface area contributed by atoms with Crippen molar-refractivity contribution in [3.05, 3.63) is 88.2 Å². The molecular weight excluding hydrogens is 541 g/mol. The van der Waals surface area contributed by atoms with Crippen LogP contribution in [0.2, 0.25) is 5.02 Å². The van der Waals surface area contributed by atoms with Gasteiger partial charge in [0.15, 0.2) is 23.9 Å². The maximum atomic E-state index is 12.8. The van der Waals surface area contributed by atoms with E-state index in [1.54, 1.807) is 18.2 Å². The number of thioether (sulfide) groups is 1. The topological polar surface area (TPSA) is 72.9 Å². The summed E-state index contributed by atoms with van der Waals surface area (Å²) in [6, 6.07) is 16.3. The van der Waals surface area contributed by atoms with E-state index in [0.29, 0.717) is 11.5 Å². The molecule has 0 N–H and O–H groups in total. The molecule has 1 atom stereocenters. The lowest BCUT2D eigenvalue weighted by Crippen LogP contribution is -2.32. The van der Waals surface area contributed by atoms with Crippen LogP contribution in [0.25, 0.3) is 4.85 Å². The molecule has 0 aliphatic carbocycles. The molecule has 0 saturated heterocycles. The summed E-state index contributed by atoms with van der Waals surface area (Å²) < 4.78 is 54.5. The monoisotopic (exact) mass is 560 g/mol. The number of benzene rings is 3. The molecule has 0 aliphatic heterocycles. The van der Waals surface area contributed by atoms with Gasteiger partial charge in [0.2, 0.25) is 0 Å². The average Bonchev–Trinajstić information content (AvgIpc) is 2.88. The van der Waals surface area contributed by atoms with Crippen LogP contribution in [0.5, 0.6) is 23.0 Å². The second-order valence-corrected chi connectivity index (χ2v) is 9.79. The standard InChI is InChI=1S/C27H20ClF3N2O4S/c1-26(33-2,14-22(34)18-5-8-20(9-6-18)38-27(29,30)31)16-36-25-12-17(15-32)4-10-24(25)37-23-11-7-19(35-3)13-21(23)28/h4-13H,14,16H2,1,3H3. The normalized spacial score (nSPS) is 12.5. The SMILES string of the molecule is [C-]#[N+]C(C)(COc1cc(C#N)ccc1Oc1ccc(OC)cc1Cl)CC(=O)c1ccc(SC(F)(F)F)cc1. The predicted molar refractivity (Wildman–Crippen MR) is 137 cm³/mol. The number of hydrogen-bond donors (Lipinski definition) is 0. The summed E-state index contributed by atoms with van der Waals surface area (Å²) in [6.07, 6.45) is -0.249. The molecule has 0 aliphatic rings. The van der Waals surface area contributed by atoms with Crippen LogP contribution in [0.3, 0.4) is 0 Å². The van der Waals surface area contributed by atoms with Crippen LogP contribution in [0, 0.1) is 17.9 Å². The summed E-state index contributed by atoms with van der Waals surface area (Å²) >= 11 is 5.99. The third-order valence-electron chi connectivity index (χ3n) is 5.19. The Balaban J connectivity index is 1.75. The van der Waals surface area contributed by atoms with Crippen LogP contribution in [0.1, 0.15) is 29.3 Å². The summed E-state index contributed by atoms with van der Waals surface area (Å²) in [5, 5.41) is 9.58. The van der Waals surface area contributed by atoms with E-state index in [1.165, 1.54) is 56.5 Å². The molecule has 196 valence electrons. The Labute approximate surface area is 226 Å². The van der Waals surface area contributed by atoms with E-state index in [1.807, 2.05) is 6.07 Å². The molecule has 0 spiro atoms. The third kappa shape index (κ3) is 7.82. The zero-order valence-electron chi connectivity index (χ0n) is 20.1. The fourth-order valence-corrected chi connectivity index (χ4v) is 3.98. The molecule has 3 aromatic carbocycles. The molecule has 11 heteroatoms. The first-order valence-electron chi connectivity index (χ1n) is 10.9. The molecule has 0 radical (unpaired) electrons. The van der Waals surface area contributed by atoms with E-state index < -0.39 is 16.8 Å². The van der Waals surface area contributed by atoms with Gasteiger partial charge in [0.1, 0.15) is 11.5 Å². The number of nitriles is 1. The van der Waals surface area contributed by atoms with Crippen LogP contribution in [0.15, 0.2) is 65.6 Å². The number of halogens is 4. The van der Waals surface area contributed by atoms with Gasteiger partial charge in [0.25, 0.3) is 5.54 Å². The van der Waals surface area contributed by atoms with Gasteiger partial charge in [-0.1, -0.05) is 23.7 Å². The van der Waals surface area contributed by atoms with Crippen molar-refractivity contribution in [3.8, 4) is 29.1 Å². The van der Waals surface area contributed by atoms with E-state index in [2.05, 4.69) is 4.85 Å². The van der Waals surface area contributed by atoms with Crippen molar-refractivity contribution in [2.45, 2.75) is 29.3 Å². The van der Waals surface area contributed by atoms with Crippen LogP contribution < -0.4 is 14.2 Å². The smallest absolute Gasteiger partial charge is 0.446 e. The Bertz CT molecular complexity index is 1400. The molecular formula is C27H20ClF3N2O4S. The maximum absolute atomic E-state index is 12.8. The van der Waals surface area contributed by atoms with E-state index in [0.717, 1.165) is 0 Å². The second kappa shape index (κ2) is 12.1. The lowest BCUT2D eigenvalue weighted by atomic mass is 9.94. The van der Waals surface area contributed by atoms with Gasteiger partial charge in [-0.05, 0) is 48.2 Å². The fourth-order valence-electron chi connectivity index (χ4n) is 3.23. The number of nitrogens with zero attached hydrogens (tertiary/aromatic N) is 2. The molecule has 0 aromatic heterocycles. The summed E-state index contributed by atoms with van der Waals surface area (Å²) in [5.74, 6) is 0.796. The van der Waals surface area contributed by atoms with E-state index in [-0.39, 0.29) is 57.3 Å². The molecule has 1 unspecified atom stereocenters. The van der Waals surface area contributed by atoms with Gasteiger partial charge >= 0.3 is 5.51 Å². The second-order valence-electron chi connectivity index (χ2n) is 8.24. The first-order chi connectivity index (χ1) is 17.9. The molecule has 0 heterocycles. The van der Waals surface area contributed by atoms with E-state index >= 15 is 0 Å². The van der Waals surface area contributed by atoms with Gasteiger partial charge in [-0.15, -0.1) is 0 Å². The molecule has 3 rings (SSSR count). The highest BCUT2D eigenvalue weighted by atomic mass is 35.5. The molecule has 6 nitrogen and oxygen atoms in total.